The van der Waals surface area contributed by atoms with Gasteiger partial charge in [-0.15, -0.1) is 0 Å². The highest BCUT2D eigenvalue weighted by atomic mass is 32.2. The molecule has 0 saturated carbocycles. The monoisotopic (exact) mass is 459 g/mol. The number of morpholine rings is 1. The number of carbonyl (C=O) groups is 1. The summed E-state index contributed by atoms with van der Waals surface area (Å²) in [6.45, 7) is 7.88. The highest BCUT2D eigenvalue weighted by Gasteiger charge is 2.18. The van der Waals surface area contributed by atoms with Crippen LogP contribution < -0.4 is 14.5 Å². The van der Waals surface area contributed by atoms with Crippen LogP contribution in [0, 0.1) is 13.8 Å². The van der Waals surface area contributed by atoms with Crippen molar-refractivity contribution in [2.24, 2.45) is 0 Å². The Hall–Kier alpha value is -2.58. The standard InChI is InChI=1S/C24H33N3O4S/c1-19-15-20(2)17-23(16-19)27(32(3,29)30)10-4-5-24(28)25-18-21-6-8-22(9-7-21)26-11-13-31-14-12-26/h6-9,15-17H,4-5,10-14,18H2,1-3H3,(H,25,28). The fourth-order valence-corrected chi connectivity index (χ4v) is 4.85. The summed E-state index contributed by atoms with van der Waals surface area (Å²) >= 11 is 0. The molecule has 3 rings (SSSR count). The minimum atomic E-state index is -3.43. The van der Waals surface area contributed by atoms with Crippen LogP contribution in [0.15, 0.2) is 42.5 Å². The van der Waals surface area contributed by atoms with E-state index in [0.717, 1.165) is 48.7 Å². The zero-order valence-corrected chi connectivity index (χ0v) is 20.0. The lowest BCUT2D eigenvalue weighted by Crippen LogP contribution is -2.36. The summed E-state index contributed by atoms with van der Waals surface area (Å²) in [4.78, 5) is 14.6. The predicted molar refractivity (Wildman–Crippen MR) is 129 cm³/mol. The number of aryl methyl sites for hydroxylation is 2. The van der Waals surface area contributed by atoms with Gasteiger partial charge in [-0.1, -0.05) is 18.2 Å². The molecule has 1 fully saturated rings. The zero-order chi connectivity index (χ0) is 23.1. The number of ether oxygens (including phenoxy) is 1. The number of hydrogen-bond donors (Lipinski definition) is 1. The number of benzene rings is 2. The molecular weight excluding hydrogens is 426 g/mol. The van der Waals surface area contributed by atoms with Crippen LogP contribution in [-0.4, -0.2) is 53.4 Å². The lowest BCUT2D eigenvalue weighted by atomic mass is 10.1. The van der Waals surface area contributed by atoms with Gasteiger partial charge in [0.2, 0.25) is 15.9 Å². The minimum Gasteiger partial charge on any atom is -0.378 e. The lowest BCUT2D eigenvalue weighted by Gasteiger charge is -2.28. The quantitative estimate of drug-likeness (QED) is 0.624. The molecule has 2 aromatic carbocycles. The van der Waals surface area contributed by atoms with E-state index in [1.807, 2.05) is 44.2 Å². The van der Waals surface area contributed by atoms with Crippen molar-refractivity contribution >= 4 is 27.3 Å². The molecule has 7 nitrogen and oxygen atoms in total. The molecule has 1 aliphatic rings. The van der Waals surface area contributed by atoms with Gasteiger partial charge >= 0.3 is 0 Å². The molecular formula is C24H33N3O4S. The van der Waals surface area contributed by atoms with Crippen LogP contribution in [0.3, 0.4) is 0 Å². The molecule has 0 spiro atoms. The summed E-state index contributed by atoms with van der Waals surface area (Å²) in [6.07, 6.45) is 1.91. The van der Waals surface area contributed by atoms with E-state index in [-0.39, 0.29) is 18.9 Å². The van der Waals surface area contributed by atoms with Crippen molar-refractivity contribution in [3.63, 3.8) is 0 Å². The van der Waals surface area contributed by atoms with E-state index in [9.17, 15) is 13.2 Å². The van der Waals surface area contributed by atoms with Crippen LogP contribution in [0.5, 0.6) is 0 Å². The van der Waals surface area contributed by atoms with Gasteiger partial charge in [-0.05, 0) is 61.2 Å². The van der Waals surface area contributed by atoms with Crippen LogP contribution in [0.1, 0.15) is 29.5 Å². The summed E-state index contributed by atoms with van der Waals surface area (Å²) < 4.78 is 31.4. The van der Waals surface area contributed by atoms with Crippen molar-refractivity contribution in [2.75, 3.05) is 48.3 Å². The lowest BCUT2D eigenvalue weighted by molar-refractivity contribution is -0.121. The Morgan fingerprint density at radius 1 is 1.06 bits per heavy atom. The Bertz CT molecular complexity index is 996. The normalized spacial score (nSPS) is 14.3. The van der Waals surface area contributed by atoms with Gasteiger partial charge in [0, 0.05) is 38.3 Å². The molecule has 0 bridgehead atoms. The van der Waals surface area contributed by atoms with E-state index in [0.29, 0.717) is 18.7 Å². The predicted octanol–water partition coefficient (Wildman–Crippen LogP) is 3.00. The van der Waals surface area contributed by atoms with Crippen molar-refractivity contribution in [2.45, 2.75) is 33.2 Å². The van der Waals surface area contributed by atoms with Gasteiger partial charge in [0.1, 0.15) is 0 Å². The molecule has 0 aromatic heterocycles. The van der Waals surface area contributed by atoms with Crippen LogP contribution in [0.4, 0.5) is 11.4 Å². The van der Waals surface area contributed by atoms with Gasteiger partial charge in [0.25, 0.3) is 0 Å². The van der Waals surface area contributed by atoms with Gasteiger partial charge < -0.3 is 15.0 Å². The second kappa shape index (κ2) is 10.8. The largest absolute Gasteiger partial charge is 0.378 e. The molecule has 174 valence electrons. The molecule has 0 unspecified atom stereocenters. The smallest absolute Gasteiger partial charge is 0.232 e. The van der Waals surface area contributed by atoms with Crippen molar-refractivity contribution in [3.8, 4) is 0 Å². The number of nitrogens with one attached hydrogen (secondary N) is 1. The van der Waals surface area contributed by atoms with Gasteiger partial charge in [-0.3, -0.25) is 9.10 Å². The van der Waals surface area contributed by atoms with E-state index in [1.165, 1.54) is 10.6 Å². The number of carbonyl (C=O) groups excluding carboxylic acids is 1. The van der Waals surface area contributed by atoms with Crippen LogP contribution in [0.25, 0.3) is 0 Å². The third-order valence-corrected chi connectivity index (χ3v) is 6.66. The molecule has 1 aliphatic heterocycles. The van der Waals surface area contributed by atoms with Crippen LogP contribution in [-0.2, 0) is 26.1 Å². The molecule has 1 saturated heterocycles. The number of rotatable bonds is 9. The molecule has 0 radical (unpaired) electrons. The first-order valence-corrected chi connectivity index (χ1v) is 12.8. The molecule has 0 atom stereocenters. The number of sulfonamides is 1. The summed E-state index contributed by atoms with van der Waals surface area (Å²) in [5, 5.41) is 2.93. The van der Waals surface area contributed by atoms with E-state index < -0.39 is 10.0 Å². The molecule has 8 heteroatoms. The van der Waals surface area contributed by atoms with E-state index in [4.69, 9.17) is 4.74 Å². The van der Waals surface area contributed by atoms with Crippen molar-refractivity contribution < 1.29 is 17.9 Å². The van der Waals surface area contributed by atoms with Crippen LogP contribution >= 0.6 is 0 Å². The molecule has 0 aliphatic carbocycles. The maximum atomic E-state index is 12.3. The molecule has 1 N–H and O–H groups in total. The topological polar surface area (TPSA) is 79.0 Å². The van der Waals surface area contributed by atoms with Gasteiger partial charge in [0.15, 0.2) is 0 Å². The third kappa shape index (κ3) is 6.97. The number of amides is 1. The SMILES string of the molecule is Cc1cc(C)cc(N(CCCC(=O)NCc2ccc(N3CCOCC3)cc2)S(C)(=O)=O)c1. The van der Waals surface area contributed by atoms with E-state index >= 15 is 0 Å². The summed E-state index contributed by atoms with van der Waals surface area (Å²) in [5.41, 5.74) is 4.85. The van der Waals surface area contributed by atoms with Gasteiger partial charge in [0.05, 0.1) is 25.2 Å². The number of anilines is 2. The molecule has 32 heavy (non-hydrogen) atoms. The highest BCUT2D eigenvalue weighted by molar-refractivity contribution is 7.92. The van der Waals surface area contributed by atoms with Crippen molar-refractivity contribution in [1.82, 2.24) is 5.32 Å². The first kappa shape index (κ1) is 24.1. The summed E-state index contributed by atoms with van der Waals surface area (Å²) in [7, 11) is -3.43. The minimum absolute atomic E-state index is 0.0869. The Labute approximate surface area is 191 Å². The van der Waals surface area contributed by atoms with Gasteiger partial charge in [-0.25, -0.2) is 8.42 Å². The van der Waals surface area contributed by atoms with E-state index in [2.05, 4.69) is 22.3 Å². The average molecular weight is 460 g/mol. The zero-order valence-electron chi connectivity index (χ0n) is 19.1. The average Bonchev–Trinajstić information content (AvgIpc) is 2.74. The second-order valence-electron chi connectivity index (χ2n) is 8.33. The Morgan fingerprint density at radius 2 is 1.69 bits per heavy atom. The molecule has 1 amide bonds. The van der Waals surface area contributed by atoms with Gasteiger partial charge in [-0.2, -0.15) is 0 Å². The third-order valence-electron chi connectivity index (χ3n) is 5.46. The fraction of sp³-hybridized carbons (Fsp3) is 0.458. The first-order chi connectivity index (χ1) is 15.2. The van der Waals surface area contributed by atoms with Crippen LogP contribution in [0.2, 0.25) is 0 Å². The first-order valence-electron chi connectivity index (χ1n) is 11.0. The Balaban J connectivity index is 1.48. The van der Waals surface area contributed by atoms with Crippen molar-refractivity contribution in [3.05, 3.63) is 59.2 Å². The Morgan fingerprint density at radius 3 is 2.28 bits per heavy atom. The number of hydrogen-bond acceptors (Lipinski definition) is 5. The second-order valence-corrected chi connectivity index (χ2v) is 10.2. The highest BCUT2D eigenvalue weighted by Crippen LogP contribution is 2.22. The summed E-state index contributed by atoms with van der Waals surface area (Å²) in [5.74, 6) is -0.0869. The molecule has 1 heterocycles. The fourth-order valence-electron chi connectivity index (χ4n) is 3.90. The molecule has 2 aromatic rings. The number of nitrogens with zero attached hydrogens (tertiary/aromatic N) is 2. The summed E-state index contributed by atoms with van der Waals surface area (Å²) in [6, 6.07) is 13.9. The van der Waals surface area contributed by atoms with Crippen molar-refractivity contribution in [1.29, 1.82) is 0 Å². The maximum absolute atomic E-state index is 12.3. The van der Waals surface area contributed by atoms with E-state index in [1.54, 1.807) is 0 Å². The Kier molecular flexibility index (Phi) is 8.15. The maximum Gasteiger partial charge on any atom is 0.232 e.